The summed E-state index contributed by atoms with van der Waals surface area (Å²) in [6.45, 7) is 3.90. The molecule has 2 aliphatic rings. The first kappa shape index (κ1) is 19.1. The van der Waals surface area contributed by atoms with Crippen molar-refractivity contribution in [1.29, 1.82) is 0 Å². The molecule has 2 aliphatic heterocycles. The van der Waals surface area contributed by atoms with Gasteiger partial charge in [0.1, 0.15) is 0 Å². The smallest absolute Gasteiger partial charge is 0.236 e. The maximum Gasteiger partial charge on any atom is 0.236 e. The number of piperazine rings is 1. The molecule has 2 saturated heterocycles. The van der Waals surface area contributed by atoms with Crippen molar-refractivity contribution < 1.29 is 22.7 Å². The van der Waals surface area contributed by atoms with Crippen LogP contribution in [0, 0.1) is 0 Å². The van der Waals surface area contributed by atoms with Gasteiger partial charge < -0.3 is 14.5 Å². The Bertz CT molecular complexity index is 578. The average molecular weight is 361 g/mol. The summed E-state index contributed by atoms with van der Waals surface area (Å²) in [5.41, 5.74) is 0. The van der Waals surface area contributed by atoms with E-state index >= 15 is 0 Å². The topological polar surface area (TPSA) is 87.2 Å². The zero-order valence-corrected chi connectivity index (χ0v) is 15.4. The molecular weight excluding hydrogens is 334 g/mol. The molecule has 2 amide bonds. The van der Waals surface area contributed by atoms with E-state index in [9.17, 15) is 18.0 Å². The number of amides is 2. The number of nitrogens with zero attached hydrogens (tertiary/aromatic N) is 3. The van der Waals surface area contributed by atoms with Gasteiger partial charge in [0.25, 0.3) is 0 Å². The number of hydrogen-bond donors (Lipinski definition) is 0. The minimum atomic E-state index is -3.20. The number of rotatable bonds is 6. The van der Waals surface area contributed by atoms with E-state index in [2.05, 4.69) is 0 Å². The minimum Gasteiger partial charge on any atom is -0.381 e. The molecule has 0 saturated carbocycles. The molecule has 0 aliphatic carbocycles. The lowest BCUT2D eigenvalue weighted by molar-refractivity contribution is -0.139. The average Bonchev–Trinajstić information content (AvgIpc) is 2.82. The number of sulfone groups is 1. The van der Waals surface area contributed by atoms with E-state index in [4.69, 9.17) is 4.74 Å². The number of fused-ring (bicyclic) bond motifs is 1. The Hall–Kier alpha value is -1.19. The molecule has 0 spiro atoms. The maximum atomic E-state index is 12.4. The van der Waals surface area contributed by atoms with Crippen LogP contribution < -0.4 is 0 Å². The summed E-state index contributed by atoms with van der Waals surface area (Å²) in [7, 11) is 0.157. The van der Waals surface area contributed by atoms with Crippen molar-refractivity contribution in [3.05, 3.63) is 0 Å². The molecule has 2 unspecified atom stereocenters. The van der Waals surface area contributed by atoms with E-state index in [1.165, 1.54) is 4.90 Å². The Morgan fingerprint density at radius 3 is 2.46 bits per heavy atom. The summed E-state index contributed by atoms with van der Waals surface area (Å²) < 4.78 is 29.4. The molecule has 8 nitrogen and oxygen atoms in total. The van der Waals surface area contributed by atoms with Crippen LogP contribution in [0.3, 0.4) is 0 Å². The number of carbonyl (C=O) groups is 2. The SMILES string of the molecule is CCOCCC(=O)N1CCN(CC(=O)N(C)C)C2CS(=O)(=O)CC21. The normalized spacial score (nSPS) is 26.2. The Morgan fingerprint density at radius 1 is 1.17 bits per heavy atom. The molecule has 0 N–H and O–H groups in total. The summed E-state index contributed by atoms with van der Waals surface area (Å²) in [6.07, 6.45) is 0.258. The van der Waals surface area contributed by atoms with Crippen LogP contribution in [-0.4, -0.2) is 105 Å². The number of carbonyl (C=O) groups excluding carboxylic acids is 2. The highest BCUT2D eigenvalue weighted by molar-refractivity contribution is 7.91. The lowest BCUT2D eigenvalue weighted by Gasteiger charge is -2.43. The number of hydrogen-bond acceptors (Lipinski definition) is 6. The molecule has 0 aromatic carbocycles. The molecule has 0 aromatic heterocycles. The van der Waals surface area contributed by atoms with Gasteiger partial charge in [0.15, 0.2) is 9.84 Å². The number of likely N-dealkylation sites (N-methyl/N-ethyl adjacent to an activating group) is 1. The van der Waals surface area contributed by atoms with Crippen molar-refractivity contribution in [2.75, 3.05) is 58.4 Å². The summed E-state index contributed by atoms with van der Waals surface area (Å²) in [5.74, 6) is -0.151. The Morgan fingerprint density at radius 2 is 1.83 bits per heavy atom. The van der Waals surface area contributed by atoms with Crippen LogP contribution in [0.4, 0.5) is 0 Å². The van der Waals surface area contributed by atoms with Crippen molar-refractivity contribution >= 4 is 21.7 Å². The second-order valence-corrected chi connectivity index (χ2v) is 8.66. The summed E-state index contributed by atoms with van der Waals surface area (Å²) in [4.78, 5) is 29.5. The second-order valence-electron chi connectivity index (χ2n) is 6.50. The Labute approximate surface area is 143 Å². The molecule has 0 bridgehead atoms. The first-order valence-electron chi connectivity index (χ1n) is 8.27. The Balaban J connectivity index is 2.09. The van der Waals surface area contributed by atoms with E-state index in [0.29, 0.717) is 26.3 Å². The van der Waals surface area contributed by atoms with Crippen molar-refractivity contribution in [3.8, 4) is 0 Å². The van der Waals surface area contributed by atoms with Gasteiger partial charge in [-0.2, -0.15) is 0 Å². The lowest BCUT2D eigenvalue weighted by atomic mass is 10.0. The maximum absolute atomic E-state index is 12.4. The first-order valence-corrected chi connectivity index (χ1v) is 10.1. The fourth-order valence-corrected chi connectivity index (χ4v) is 5.31. The molecule has 2 fully saturated rings. The highest BCUT2D eigenvalue weighted by atomic mass is 32.2. The van der Waals surface area contributed by atoms with Crippen molar-refractivity contribution in [1.82, 2.24) is 14.7 Å². The van der Waals surface area contributed by atoms with Crippen molar-refractivity contribution in [2.24, 2.45) is 0 Å². The summed E-state index contributed by atoms with van der Waals surface area (Å²) >= 11 is 0. The van der Waals surface area contributed by atoms with Gasteiger partial charge in [-0.15, -0.1) is 0 Å². The zero-order valence-electron chi connectivity index (χ0n) is 14.6. The molecule has 0 radical (unpaired) electrons. The summed E-state index contributed by atoms with van der Waals surface area (Å²) in [6, 6.07) is -0.670. The Kier molecular flexibility index (Phi) is 6.22. The van der Waals surface area contributed by atoms with Crippen LogP contribution in [-0.2, 0) is 24.2 Å². The van der Waals surface area contributed by atoms with Crippen LogP contribution in [0.15, 0.2) is 0 Å². The quantitative estimate of drug-likeness (QED) is 0.553. The predicted octanol–water partition coefficient (Wildman–Crippen LogP) is -1.19. The van der Waals surface area contributed by atoms with Gasteiger partial charge in [-0.3, -0.25) is 14.5 Å². The van der Waals surface area contributed by atoms with Gasteiger partial charge in [0.05, 0.1) is 37.1 Å². The van der Waals surface area contributed by atoms with E-state index in [-0.39, 0.29) is 48.4 Å². The highest BCUT2D eigenvalue weighted by Crippen LogP contribution is 2.27. The molecule has 9 heteroatoms. The van der Waals surface area contributed by atoms with Gasteiger partial charge >= 0.3 is 0 Å². The zero-order chi connectivity index (χ0) is 17.9. The summed E-state index contributed by atoms with van der Waals surface area (Å²) in [5, 5.41) is 0. The van der Waals surface area contributed by atoms with Gasteiger partial charge in [-0.25, -0.2) is 8.42 Å². The van der Waals surface area contributed by atoms with E-state index in [1.807, 2.05) is 11.8 Å². The molecular formula is C15H27N3O5S. The molecule has 2 heterocycles. The predicted molar refractivity (Wildman–Crippen MR) is 89.3 cm³/mol. The third-order valence-corrected chi connectivity index (χ3v) is 6.31. The molecule has 0 aromatic rings. The van der Waals surface area contributed by atoms with Crippen molar-refractivity contribution in [2.45, 2.75) is 25.4 Å². The lowest BCUT2D eigenvalue weighted by Crippen LogP contribution is -2.61. The second kappa shape index (κ2) is 7.79. The molecule has 2 atom stereocenters. The monoisotopic (exact) mass is 361 g/mol. The number of ether oxygens (including phenoxy) is 1. The van der Waals surface area contributed by atoms with Crippen molar-refractivity contribution in [3.63, 3.8) is 0 Å². The van der Waals surface area contributed by atoms with Crippen LogP contribution >= 0.6 is 0 Å². The van der Waals surface area contributed by atoms with E-state index in [0.717, 1.165) is 0 Å². The van der Waals surface area contributed by atoms with E-state index < -0.39 is 9.84 Å². The highest BCUT2D eigenvalue weighted by Gasteiger charge is 2.48. The molecule has 24 heavy (non-hydrogen) atoms. The molecule has 138 valence electrons. The van der Waals surface area contributed by atoms with Gasteiger partial charge in [-0.05, 0) is 6.92 Å². The van der Waals surface area contributed by atoms with Crippen LogP contribution in [0.5, 0.6) is 0 Å². The van der Waals surface area contributed by atoms with Crippen LogP contribution in [0.25, 0.3) is 0 Å². The first-order chi connectivity index (χ1) is 11.2. The minimum absolute atomic E-state index is 0.00755. The van der Waals surface area contributed by atoms with Gasteiger partial charge in [-0.1, -0.05) is 0 Å². The van der Waals surface area contributed by atoms with E-state index in [1.54, 1.807) is 19.0 Å². The largest absolute Gasteiger partial charge is 0.381 e. The van der Waals surface area contributed by atoms with Gasteiger partial charge in [0.2, 0.25) is 11.8 Å². The van der Waals surface area contributed by atoms with Crippen LogP contribution in [0.2, 0.25) is 0 Å². The standard InChI is InChI=1S/C15H27N3O5S/c1-4-23-8-5-14(19)18-7-6-17(9-15(20)16(2)3)12-10-24(21,22)11-13(12)18/h12-13H,4-11H2,1-3H3. The fraction of sp³-hybridized carbons (Fsp3) is 0.867. The fourth-order valence-electron chi connectivity index (χ4n) is 3.29. The third kappa shape index (κ3) is 4.46. The molecule has 2 rings (SSSR count). The van der Waals surface area contributed by atoms with Crippen LogP contribution in [0.1, 0.15) is 13.3 Å². The van der Waals surface area contributed by atoms with Gasteiger partial charge in [0, 0.05) is 39.8 Å². The third-order valence-electron chi connectivity index (χ3n) is 4.61.